The quantitative estimate of drug-likeness (QED) is 0.811. The number of methoxy groups -OCH3 is 2. The van der Waals surface area contributed by atoms with Gasteiger partial charge in [-0.05, 0) is 37.4 Å². The van der Waals surface area contributed by atoms with Crippen LogP contribution < -0.4 is 15.2 Å². The molecular formula is C17H26N2O2. The van der Waals surface area contributed by atoms with Gasteiger partial charge >= 0.3 is 0 Å². The van der Waals surface area contributed by atoms with E-state index in [2.05, 4.69) is 29.8 Å². The van der Waals surface area contributed by atoms with Gasteiger partial charge in [-0.3, -0.25) is 0 Å². The second-order valence-electron chi connectivity index (χ2n) is 5.32. The van der Waals surface area contributed by atoms with E-state index in [4.69, 9.17) is 15.2 Å². The number of fused-ring (bicyclic) bond motifs is 1. The molecule has 0 aliphatic heterocycles. The van der Waals surface area contributed by atoms with Crippen molar-refractivity contribution in [1.82, 2.24) is 4.57 Å². The first-order valence-electron chi connectivity index (χ1n) is 7.69. The van der Waals surface area contributed by atoms with Crippen molar-refractivity contribution in [1.29, 1.82) is 0 Å². The van der Waals surface area contributed by atoms with Gasteiger partial charge in [0.1, 0.15) is 0 Å². The van der Waals surface area contributed by atoms with Gasteiger partial charge in [-0.15, -0.1) is 0 Å². The van der Waals surface area contributed by atoms with Crippen LogP contribution in [-0.4, -0.2) is 25.3 Å². The first-order chi connectivity index (χ1) is 10.2. The number of nitrogens with zero attached hydrogens (tertiary/aromatic N) is 1. The topological polar surface area (TPSA) is 49.4 Å². The van der Waals surface area contributed by atoms with Crippen molar-refractivity contribution in [3.8, 4) is 11.5 Å². The maximum absolute atomic E-state index is 5.65. The Bertz CT molecular complexity index is 540. The van der Waals surface area contributed by atoms with Crippen molar-refractivity contribution in [2.24, 2.45) is 5.73 Å². The average molecular weight is 290 g/mol. The molecule has 0 spiro atoms. The third kappa shape index (κ3) is 3.32. The summed E-state index contributed by atoms with van der Waals surface area (Å²) in [6.07, 6.45) is 6.73. The zero-order chi connectivity index (χ0) is 15.2. The van der Waals surface area contributed by atoms with Crippen LogP contribution in [0.5, 0.6) is 11.5 Å². The molecule has 0 saturated carbocycles. The largest absolute Gasteiger partial charge is 0.493 e. The van der Waals surface area contributed by atoms with Gasteiger partial charge in [-0.1, -0.05) is 13.3 Å². The highest BCUT2D eigenvalue weighted by Crippen LogP contribution is 2.35. The van der Waals surface area contributed by atoms with Crippen LogP contribution in [0.4, 0.5) is 0 Å². The number of unbranched alkanes of at least 4 members (excludes halogenated alkanes) is 1. The Kier molecular flexibility index (Phi) is 5.51. The van der Waals surface area contributed by atoms with E-state index < -0.39 is 0 Å². The molecule has 4 nitrogen and oxygen atoms in total. The molecule has 1 aromatic carbocycles. The molecule has 116 valence electrons. The number of benzene rings is 1. The Hall–Kier alpha value is -1.68. The molecule has 2 N–H and O–H groups in total. The second kappa shape index (κ2) is 7.36. The number of nitrogens with two attached hydrogens (primary N) is 1. The third-order valence-corrected chi connectivity index (χ3v) is 3.87. The molecule has 0 saturated heterocycles. The summed E-state index contributed by atoms with van der Waals surface area (Å²) in [7, 11) is 3.36. The number of rotatable bonds is 8. The summed E-state index contributed by atoms with van der Waals surface area (Å²) in [5.41, 5.74) is 8.23. The molecule has 0 bridgehead atoms. The van der Waals surface area contributed by atoms with E-state index in [1.165, 1.54) is 29.3 Å². The van der Waals surface area contributed by atoms with Gasteiger partial charge in [0, 0.05) is 24.2 Å². The molecule has 21 heavy (non-hydrogen) atoms. The maximum atomic E-state index is 5.65. The van der Waals surface area contributed by atoms with E-state index in [1.54, 1.807) is 14.2 Å². The van der Waals surface area contributed by atoms with E-state index in [9.17, 15) is 0 Å². The number of ether oxygens (including phenoxy) is 2. The second-order valence-corrected chi connectivity index (χ2v) is 5.32. The van der Waals surface area contributed by atoms with Crippen molar-refractivity contribution >= 4 is 10.9 Å². The zero-order valence-corrected chi connectivity index (χ0v) is 13.3. The van der Waals surface area contributed by atoms with Crippen LogP contribution >= 0.6 is 0 Å². The lowest BCUT2D eigenvalue weighted by atomic mass is 10.1. The molecule has 2 rings (SSSR count). The standard InChI is InChI=1S/C17H26N2O2/c1-4-5-7-13-12-19(9-6-8-18)15-11-17(21-3)16(20-2)10-14(13)15/h10-12H,4-9,18H2,1-3H3. The summed E-state index contributed by atoms with van der Waals surface area (Å²) in [5.74, 6) is 1.57. The van der Waals surface area contributed by atoms with E-state index in [-0.39, 0.29) is 0 Å². The summed E-state index contributed by atoms with van der Waals surface area (Å²) in [4.78, 5) is 0. The highest BCUT2D eigenvalue weighted by atomic mass is 16.5. The minimum absolute atomic E-state index is 0.706. The van der Waals surface area contributed by atoms with Gasteiger partial charge in [0.15, 0.2) is 11.5 Å². The molecule has 0 amide bonds. The molecule has 0 fully saturated rings. The summed E-state index contributed by atoms with van der Waals surface area (Å²) in [5, 5.41) is 1.26. The summed E-state index contributed by atoms with van der Waals surface area (Å²) in [6, 6.07) is 4.16. The van der Waals surface area contributed by atoms with Crippen LogP contribution in [0.15, 0.2) is 18.3 Å². The molecule has 0 aliphatic carbocycles. The minimum Gasteiger partial charge on any atom is -0.493 e. The Morgan fingerprint density at radius 2 is 1.81 bits per heavy atom. The zero-order valence-electron chi connectivity index (χ0n) is 13.3. The van der Waals surface area contributed by atoms with Gasteiger partial charge in [0.25, 0.3) is 0 Å². The molecule has 1 heterocycles. The smallest absolute Gasteiger partial charge is 0.162 e. The first-order valence-corrected chi connectivity index (χ1v) is 7.69. The Morgan fingerprint density at radius 1 is 1.10 bits per heavy atom. The third-order valence-electron chi connectivity index (χ3n) is 3.87. The predicted octanol–water partition coefficient (Wildman–Crippen LogP) is 3.35. The van der Waals surface area contributed by atoms with Gasteiger partial charge < -0.3 is 19.8 Å². The monoisotopic (exact) mass is 290 g/mol. The molecule has 4 heteroatoms. The average Bonchev–Trinajstić information content (AvgIpc) is 2.86. The lowest BCUT2D eigenvalue weighted by Gasteiger charge is -2.10. The van der Waals surface area contributed by atoms with Crippen molar-refractivity contribution in [2.45, 2.75) is 39.2 Å². The normalized spacial score (nSPS) is 11.0. The number of aromatic nitrogens is 1. The van der Waals surface area contributed by atoms with Gasteiger partial charge in [-0.25, -0.2) is 0 Å². The Balaban J connectivity index is 2.51. The minimum atomic E-state index is 0.706. The summed E-state index contributed by atoms with van der Waals surface area (Å²) in [6.45, 7) is 3.86. The highest BCUT2D eigenvalue weighted by Gasteiger charge is 2.13. The molecule has 0 atom stereocenters. The molecule has 0 radical (unpaired) electrons. The fraction of sp³-hybridized carbons (Fsp3) is 0.529. The van der Waals surface area contributed by atoms with Crippen molar-refractivity contribution in [3.05, 3.63) is 23.9 Å². The fourth-order valence-corrected chi connectivity index (χ4v) is 2.70. The Labute approximate surface area is 126 Å². The van der Waals surface area contributed by atoms with Crippen LogP contribution in [0.1, 0.15) is 31.7 Å². The molecule has 2 aromatic rings. The van der Waals surface area contributed by atoms with E-state index >= 15 is 0 Å². The van der Waals surface area contributed by atoms with Gasteiger partial charge in [0.2, 0.25) is 0 Å². The SMILES string of the molecule is CCCCc1cn(CCCN)c2cc(OC)c(OC)cc12. The van der Waals surface area contributed by atoms with Crippen LogP contribution in [0.25, 0.3) is 10.9 Å². The lowest BCUT2D eigenvalue weighted by Crippen LogP contribution is -2.04. The van der Waals surface area contributed by atoms with Crippen LogP contribution in [0.2, 0.25) is 0 Å². The molecule has 0 unspecified atom stereocenters. The molecular weight excluding hydrogens is 264 g/mol. The van der Waals surface area contributed by atoms with Crippen molar-refractivity contribution < 1.29 is 9.47 Å². The first kappa shape index (κ1) is 15.7. The van der Waals surface area contributed by atoms with Gasteiger partial charge in [-0.2, -0.15) is 0 Å². The highest BCUT2D eigenvalue weighted by molar-refractivity contribution is 5.87. The number of aryl methyl sites for hydroxylation is 2. The molecule has 0 aliphatic rings. The number of hydrogen-bond acceptors (Lipinski definition) is 3. The van der Waals surface area contributed by atoms with Crippen molar-refractivity contribution in [3.63, 3.8) is 0 Å². The van der Waals surface area contributed by atoms with E-state index in [0.29, 0.717) is 6.54 Å². The van der Waals surface area contributed by atoms with Crippen LogP contribution in [0.3, 0.4) is 0 Å². The van der Waals surface area contributed by atoms with Crippen molar-refractivity contribution in [2.75, 3.05) is 20.8 Å². The number of hydrogen-bond donors (Lipinski definition) is 1. The predicted molar refractivity (Wildman–Crippen MR) is 87.3 cm³/mol. The van der Waals surface area contributed by atoms with Gasteiger partial charge in [0.05, 0.1) is 19.7 Å². The Morgan fingerprint density at radius 3 is 2.43 bits per heavy atom. The van der Waals surface area contributed by atoms with E-state index in [0.717, 1.165) is 30.9 Å². The van der Waals surface area contributed by atoms with E-state index in [1.807, 2.05) is 0 Å². The van der Waals surface area contributed by atoms with Crippen LogP contribution in [-0.2, 0) is 13.0 Å². The fourth-order valence-electron chi connectivity index (χ4n) is 2.70. The lowest BCUT2D eigenvalue weighted by molar-refractivity contribution is 0.355. The maximum Gasteiger partial charge on any atom is 0.162 e. The molecule has 1 aromatic heterocycles. The summed E-state index contributed by atoms with van der Waals surface area (Å²) >= 11 is 0. The summed E-state index contributed by atoms with van der Waals surface area (Å²) < 4.78 is 13.2. The van der Waals surface area contributed by atoms with Crippen LogP contribution in [0, 0.1) is 0 Å².